The molecular formula is C14H23BrN4. The van der Waals surface area contributed by atoms with Crippen molar-refractivity contribution < 1.29 is 0 Å². The topological polar surface area (TPSA) is 41.1 Å². The van der Waals surface area contributed by atoms with Crippen molar-refractivity contribution >= 4 is 27.7 Å². The van der Waals surface area contributed by atoms with Crippen molar-refractivity contribution in [2.75, 3.05) is 23.3 Å². The first-order valence-electron chi connectivity index (χ1n) is 7.25. The highest BCUT2D eigenvalue weighted by Gasteiger charge is 2.21. The van der Waals surface area contributed by atoms with Crippen molar-refractivity contribution in [2.45, 2.75) is 52.0 Å². The van der Waals surface area contributed by atoms with Crippen LogP contribution in [-0.4, -0.2) is 29.1 Å². The van der Waals surface area contributed by atoms with Crippen LogP contribution in [0.15, 0.2) is 10.7 Å². The summed E-state index contributed by atoms with van der Waals surface area (Å²) in [7, 11) is 0. The van der Waals surface area contributed by atoms with E-state index in [4.69, 9.17) is 0 Å². The summed E-state index contributed by atoms with van der Waals surface area (Å²) in [5.74, 6) is 1.76. The van der Waals surface area contributed by atoms with E-state index in [0.29, 0.717) is 6.04 Å². The lowest BCUT2D eigenvalue weighted by molar-refractivity contribution is 0.610. The summed E-state index contributed by atoms with van der Waals surface area (Å²) in [5.41, 5.74) is 0. The number of hydrogen-bond acceptors (Lipinski definition) is 4. The van der Waals surface area contributed by atoms with E-state index in [9.17, 15) is 0 Å². The molecule has 0 bridgehead atoms. The Morgan fingerprint density at radius 3 is 3.05 bits per heavy atom. The highest BCUT2D eigenvalue weighted by molar-refractivity contribution is 9.10. The molecular weight excluding hydrogens is 304 g/mol. The first kappa shape index (κ1) is 14.6. The molecule has 0 saturated carbocycles. The number of nitrogens with zero attached hydrogens (tertiary/aromatic N) is 3. The Morgan fingerprint density at radius 2 is 2.26 bits per heavy atom. The molecule has 4 nitrogen and oxygen atoms in total. The van der Waals surface area contributed by atoms with Gasteiger partial charge in [-0.1, -0.05) is 19.8 Å². The maximum Gasteiger partial charge on any atom is 0.224 e. The molecule has 2 rings (SSSR count). The molecule has 1 N–H and O–H groups in total. The van der Waals surface area contributed by atoms with Gasteiger partial charge in [0.25, 0.3) is 0 Å². The van der Waals surface area contributed by atoms with Gasteiger partial charge in [0.15, 0.2) is 0 Å². The van der Waals surface area contributed by atoms with E-state index < -0.39 is 0 Å². The van der Waals surface area contributed by atoms with Gasteiger partial charge in [-0.2, -0.15) is 4.98 Å². The van der Waals surface area contributed by atoms with Gasteiger partial charge in [-0.25, -0.2) is 4.98 Å². The molecule has 106 valence electrons. The van der Waals surface area contributed by atoms with Crippen LogP contribution in [0.4, 0.5) is 11.8 Å². The van der Waals surface area contributed by atoms with Crippen molar-refractivity contribution in [2.24, 2.45) is 0 Å². The van der Waals surface area contributed by atoms with E-state index in [0.717, 1.165) is 35.7 Å². The lowest BCUT2D eigenvalue weighted by atomic mass is 10.1. The van der Waals surface area contributed by atoms with Gasteiger partial charge in [0.05, 0.1) is 4.47 Å². The zero-order chi connectivity index (χ0) is 13.7. The number of anilines is 2. The molecule has 1 unspecified atom stereocenters. The maximum absolute atomic E-state index is 4.68. The maximum atomic E-state index is 4.68. The van der Waals surface area contributed by atoms with Gasteiger partial charge < -0.3 is 10.2 Å². The summed E-state index contributed by atoms with van der Waals surface area (Å²) in [5, 5.41) is 3.26. The summed E-state index contributed by atoms with van der Waals surface area (Å²) in [6, 6.07) is 0.549. The second-order valence-electron chi connectivity index (χ2n) is 5.18. The number of aromatic nitrogens is 2. The highest BCUT2D eigenvalue weighted by atomic mass is 79.9. The molecule has 1 aromatic rings. The van der Waals surface area contributed by atoms with Crippen LogP contribution in [-0.2, 0) is 0 Å². The van der Waals surface area contributed by atoms with Gasteiger partial charge in [-0.05, 0) is 42.1 Å². The van der Waals surface area contributed by atoms with E-state index in [1.54, 1.807) is 0 Å². The smallest absolute Gasteiger partial charge is 0.224 e. The molecule has 2 heterocycles. The lowest BCUT2D eigenvalue weighted by Gasteiger charge is -2.29. The van der Waals surface area contributed by atoms with Crippen LogP contribution in [0.25, 0.3) is 0 Å². The quantitative estimate of drug-likeness (QED) is 0.912. The van der Waals surface area contributed by atoms with Crippen molar-refractivity contribution in [1.29, 1.82) is 0 Å². The Labute approximate surface area is 124 Å². The largest absolute Gasteiger partial charge is 0.354 e. The van der Waals surface area contributed by atoms with Crippen LogP contribution in [0, 0.1) is 0 Å². The van der Waals surface area contributed by atoms with Crippen LogP contribution >= 0.6 is 15.9 Å². The fourth-order valence-electron chi connectivity index (χ4n) is 2.47. The minimum Gasteiger partial charge on any atom is -0.354 e. The van der Waals surface area contributed by atoms with Crippen molar-refractivity contribution in [1.82, 2.24) is 9.97 Å². The van der Waals surface area contributed by atoms with E-state index in [-0.39, 0.29) is 0 Å². The summed E-state index contributed by atoms with van der Waals surface area (Å²) in [4.78, 5) is 11.4. The van der Waals surface area contributed by atoms with Gasteiger partial charge in [0.2, 0.25) is 5.95 Å². The Morgan fingerprint density at radius 1 is 1.42 bits per heavy atom. The summed E-state index contributed by atoms with van der Waals surface area (Å²) in [6.45, 7) is 6.43. The van der Waals surface area contributed by atoms with Crippen LogP contribution in [0.3, 0.4) is 0 Å². The molecule has 0 amide bonds. The number of halogens is 1. The van der Waals surface area contributed by atoms with Crippen molar-refractivity contribution in [3.05, 3.63) is 10.7 Å². The monoisotopic (exact) mass is 326 g/mol. The van der Waals surface area contributed by atoms with Crippen molar-refractivity contribution in [3.63, 3.8) is 0 Å². The fourth-order valence-corrected chi connectivity index (χ4v) is 2.89. The third-order valence-corrected chi connectivity index (χ3v) is 4.14. The zero-order valence-electron chi connectivity index (χ0n) is 11.8. The molecule has 1 atom stereocenters. The third-order valence-electron chi connectivity index (χ3n) is 3.58. The third kappa shape index (κ3) is 3.81. The van der Waals surface area contributed by atoms with Gasteiger partial charge in [-0.3, -0.25) is 0 Å². The van der Waals surface area contributed by atoms with Crippen LogP contribution in [0.2, 0.25) is 0 Å². The van der Waals surface area contributed by atoms with Gasteiger partial charge >= 0.3 is 0 Å². The summed E-state index contributed by atoms with van der Waals surface area (Å²) >= 11 is 3.59. The second kappa shape index (κ2) is 7.08. The Hall–Kier alpha value is -0.840. The normalized spacial score (nSPS) is 20.2. The minimum absolute atomic E-state index is 0.549. The Balaban J connectivity index is 2.20. The number of rotatable bonds is 4. The van der Waals surface area contributed by atoms with E-state index in [1.807, 2.05) is 6.20 Å². The predicted molar refractivity (Wildman–Crippen MR) is 83.8 cm³/mol. The molecule has 1 saturated heterocycles. The molecule has 1 fully saturated rings. The average molecular weight is 327 g/mol. The molecule has 0 spiro atoms. The molecule has 0 aromatic carbocycles. The SMILES string of the molecule is CCCNc1ncc(Br)c(N2CCCCCC2C)n1. The predicted octanol–water partition coefficient (Wildman–Crippen LogP) is 3.83. The minimum atomic E-state index is 0.549. The Bertz CT molecular complexity index is 410. The van der Waals surface area contributed by atoms with Crippen LogP contribution < -0.4 is 10.2 Å². The molecule has 1 aromatic heterocycles. The van der Waals surface area contributed by atoms with E-state index >= 15 is 0 Å². The van der Waals surface area contributed by atoms with Gasteiger partial charge in [-0.15, -0.1) is 0 Å². The highest BCUT2D eigenvalue weighted by Crippen LogP contribution is 2.29. The first-order chi connectivity index (χ1) is 9.22. The molecule has 5 heteroatoms. The van der Waals surface area contributed by atoms with E-state index in [1.165, 1.54) is 25.7 Å². The Kier molecular flexibility index (Phi) is 5.43. The van der Waals surface area contributed by atoms with Crippen LogP contribution in [0.5, 0.6) is 0 Å². The summed E-state index contributed by atoms with van der Waals surface area (Å²) < 4.78 is 0.989. The molecule has 0 radical (unpaired) electrons. The molecule has 1 aliphatic rings. The molecule has 0 aliphatic carbocycles. The first-order valence-corrected chi connectivity index (χ1v) is 8.04. The molecule has 19 heavy (non-hydrogen) atoms. The van der Waals surface area contributed by atoms with Crippen molar-refractivity contribution in [3.8, 4) is 0 Å². The molecule has 1 aliphatic heterocycles. The summed E-state index contributed by atoms with van der Waals surface area (Å²) in [6.07, 6.45) is 8.07. The van der Waals surface area contributed by atoms with Gasteiger partial charge in [0.1, 0.15) is 5.82 Å². The zero-order valence-corrected chi connectivity index (χ0v) is 13.4. The lowest BCUT2D eigenvalue weighted by Crippen LogP contribution is -2.33. The second-order valence-corrected chi connectivity index (χ2v) is 6.04. The van der Waals surface area contributed by atoms with Crippen LogP contribution in [0.1, 0.15) is 46.0 Å². The standard InChI is InChI=1S/C14H23BrN4/c1-3-8-16-14-17-10-12(15)13(18-14)19-9-6-4-5-7-11(19)2/h10-11H,3-9H2,1-2H3,(H,16,17,18). The number of nitrogens with one attached hydrogen (secondary N) is 1. The van der Waals surface area contributed by atoms with Gasteiger partial charge in [0, 0.05) is 25.3 Å². The van der Waals surface area contributed by atoms with E-state index in [2.05, 4.69) is 50.0 Å². The fraction of sp³-hybridized carbons (Fsp3) is 0.714. The number of hydrogen-bond donors (Lipinski definition) is 1. The average Bonchev–Trinajstić information content (AvgIpc) is 2.63.